The summed E-state index contributed by atoms with van der Waals surface area (Å²) < 4.78 is 5.38. The van der Waals surface area contributed by atoms with Gasteiger partial charge in [-0.3, -0.25) is 9.59 Å². The largest absolute Gasteiger partial charge is 0.445 e. The summed E-state index contributed by atoms with van der Waals surface area (Å²) in [7, 11) is 0. The third-order valence-electron chi connectivity index (χ3n) is 8.06. The molecule has 0 spiro atoms. The lowest BCUT2D eigenvalue weighted by molar-refractivity contribution is -0.130. The number of halogens is 1. The van der Waals surface area contributed by atoms with E-state index in [9.17, 15) is 19.2 Å². The molecule has 9 heteroatoms. The number of alkyl carbamates (subject to hydrolysis) is 1. The molecule has 2 aliphatic carbocycles. The van der Waals surface area contributed by atoms with Gasteiger partial charge in [0, 0.05) is 22.5 Å². The number of amides is 3. The number of rotatable bonds is 10. The number of carbonyl (C=O) groups excluding carboxylic acids is 4. The predicted molar refractivity (Wildman–Crippen MR) is 140 cm³/mol. The molecule has 3 N–H and O–H groups in total. The number of hydrogen-bond acceptors (Lipinski definition) is 5. The van der Waals surface area contributed by atoms with Crippen molar-refractivity contribution in [3.8, 4) is 0 Å². The van der Waals surface area contributed by atoms with Gasteiger partial charge in [-0.05, 0) is 63.1 Å². The third kappa shape index (κ3) is 7.03. The monoisotopic (exact) mass is 531 g/mol. The van der Waals surface area contributed by atoms with E-state index in [1.54, 1.807) is 18.2 Å². The SMILES string of the molecule is CC1(C)CC(CC(C=O)NC(=O)[C@]2(CC3CCCCC3)CC2NC(=O)OCc2cccc(Cl)c2)C(=O)N1. The van der Waals surface area contributed by atoms with Crippen molar-refractivity contribution in [3.63, 3.8) is 0 Å². The van der Waals surface area contributed by atoms with Crippen LogP contribution >= 0.6 is 11.6 Å². The topological polar surface area (TPSA) is 114 Å². The van der Waals surface area contributed by atoms with Crippen LogP contribution in [-0.2, 0) is 25.7 Å². The molecule has 4 rings (SSSR count). The van der Waals surface area contributed by atoms with Crippen LogP contribution in [0.1, 0.15) is 77.2 Å². The van der Waals surface area contributed by atoms with E-state index in [0.29, 0.717) is 30.2 Å². The zero-order valence-electron chi connectivity index (χ0n) is 21.7. The van der Waals surface area contributed by atoms with Crippen LogP contribution in [0.4, 0.5) is 4.79 Å². The summed E-state index contributed by atoms with van der Waals surface area (Å²) in [5, 5.41) is 9.29. The van der Waals surface area contributed by atoms with Crippen LogP contribution in [0.5, 0.6) is 0 Å². The van der Waals surface area contributed by atoms with Crippen LogP contribution in [0.15, 0.2) is 24.3 Å². The predicted octanol–water partition coefficient (Wildman–Crippen LogP) is 4.28. The van der Waals surface area contributed by atoms with Crippen molar-refractivity contribution in [1.82, 2.24) is 16.0 Å². The van der Waals surface area contributed by atoms with Gasteiger partial charge in [0.1, 0.15) is 12.9 Å². The Morgan fingerprint density at radius 3 is 2.62 bits per heavy atom. The molecule has 0 aromatic heterocycles. The molecule has 4 atom stereocenters. The minimum atomic E-state index is -0.768. The highest BCUT2D eigenvalue weighted by Gasteiger charge is 2.61. The Morgan fingerprint density at radius 1 is 1.22 bits per heavy atom. The van der Waals surface area contributed by atoms with Crippen LogP contribution in [0, 0.1) is 17.3 Å². The van der Waals surface area contributed by atoms with Crippen molar-refractivity contribution in [3.05, 3.63) is 34.9 Å². The van der Waals surface area contributed by atoms with Gasteiger partial charge in [-0.25, -0.2) is 4.79 Å². The smallest absolute Gasteiger partial charge is 0.407 e. The Labute approximate surface area is 223 Å². The second kappa shape index (κ2) is 11.4. The average Bonchev–Trinajstić information content (AvgIpc) is 3.46. The molecule has 2 saturated carbocycles. The first-order valence-corrected chi connectivity index (χ1v) is 13.7. The molecule has 37 heavy (non-hydrogen) atoms. The van der Waals surface area contributed by atoms with Crippen LogP contribution in [0.2, 0.25) is 5.02 Å². The number of carbonyl (C=O) groups is 4. The van der Waals surface area contributed by atoms with Crippen LogP contribution in [-0.4, -0.2) is 41.8 Å². The van der Waals surface area contributed by atoms with Gasteiger partial charge < -0.3 is 25.5 Å². The van der Waals surface area contributed by atoms with E-state index < -0.39 is 17.6 Å². The molecular weight excluding hydrogens is 494 g/mol. The maximum Gasteiger partial charge on any atom is 0.407 e. The fourth-order valence-electron chi connectivity index (χ4n) is 6.08. The third-order valence-corrected chi connectivity index (χ3v) is 8.30. The zero-order valence-corrected chi connectivity index (χ0v) is 22.4. The van der Waals surface area contributed by atoms with Crippen molar-refractivity contribution < 1.29 is 23.9 Å². The second-order valence-corrected chi connectivity index (χ2v) is 12.1. The van der Waals surface area contributed by atoms with E-state index in [4.69, 9.17) is 16.3 Å². The summed E-state index contributed by atoms with van der Waals surface area (Å²) >= 11 is 6.00. The molecular formula is C28H38ClN3O5. The molecule has 1 aliphatic heterocycles. The first-order valence-electron chi connectivity index (χ1n) is 13.4. The molecule has 8 nitrogen and oxygen atoms in total. The molecule has 3 unspecified atom stereocenters. The van der Waals surface area contributed by atoms with E-state index in [-0.39, 0.29) is 42.3 Å². The number of benzene rings is 1. The molecule has 3 fully saturated rings. The van der Waals surface area contributed by atoms with Gasteiger partial charge >= 0.3 is 6.09 Å². The summed E-state index contributed by atoms with van der Waals surface area (Å²) in [6.45, 7) is 3.98. The quantitative estimate of drug-likeness (QED) is 0.390. The van der Waals surface area contributed by atoms with E-state index >= 15 is 0 Å². The lowest BCUT2D eigenvalue weighted by Crippen LogP contribution is -2.46. The van der Waals surface area contributed by atoms with E-state index in [2.05, 4.69) is 16.0 Å². The maximum absolute atomic E-state index is 13.6. The Balaban J connectivity index is 1.38. The fraction of sp³-hybridized carbons (Fsp3) is 0.643. The summed E-state index contributed by atoms with van der Waals surface area (Å²) in [5.74, 6) is -0.233. The van der Waals surface area contributed by atoms with Crippen molar-refractivity contribution in [2.45, 2.75) is 95.9 Å². The first-order chi connectivity index (χ1) is 17.6. The minimum absolute atomic E-state index is 0.0773. The molecule has 1 aromatic rings. The maximum atomic E-state index is 13.6. The van der Waals surface area contributed by atoms with Crippen molar-refractivity contribution in [1.29, 1.82) is 0 Å². The molecule has 1 heterocycles. The van der Waals surface area contributed by atoms with Crippen LogP contribution < -0.4 is 16.0 Å². The number of nitrogens with one attached hydrogen (secondary N) is 3. The molecule has 0 bridgehead atoms. The van der Waals surface area contributed by atoms with Crippen molar-refractivity contribution in [2.24, 2.45) is 17.3 Å². The Hall–Kier alpha value is -2.61. The van der Waals surface area contributed by atoms with Gasteiger partial charge in [-0.1, -0.05) is 55.8 Å². The highest BCUT2D eigenvalue weighted by molar-refractivity contribution is 6.30. The Bertz CT molecular complexity index is 1020. The molecule has 0 radical (unpaired) electrons. The van der Waals surface area contributed by atoms with Gasteiger partial charge in [0.05, 0.1) is 11.5 Å². The van der Waals surface area contributed by atoms with Crippen LogP contribution in [0.25, 0.3) is 0 Å². The van der Waals surface area contributed by atoms with Crippen LogP contribution in [0.3, 0.4) is 0 Å². The Kier molecular flexibility index (Phi) is 8.46. The summed E-state index contributed by atoms with van der Waals surface area (Å²) in [5.41, 5.74) is -0.314. The van der Waals surface area contributed by atoms with Gasteiger partial charge in [-0.15, -0.1) is 0 Å². The van der Waals surface area contributed by atoms with E-state index in [0.717, 1.165) is 37.5 Å². The van der Waals surface area contributed by atoms with Crippen molar-refractivity contribution >= 4 is 35.8 Å². The Morgan fingerprint density at radius 2 is 1.97 bits per heavy atom. The lowest BCUT2D eigenvalue weighted by Gasteiger charge is -2.28. The number of ether oxygens (including phenoxy) is 1. The van der Waals surface area contributed by atoms with E-state index in [1.807, 2.05) is 19.9 Å². The van der Waals surface area contributed by atoms with E-state index in [1.165, 1.54) is 6.42 Å². The summed E-state index contributed by atoms with van der Waals surface area (Å²) in [4.78, 5) is 50.4. The minimum Gasteiger partial charge on any atom is -0.445 e. The number of hydrogen-bond donors (Lipinski definition) is 3. The fourth-order valence-corrected chi connectivity index (χ4v) is 6.30. The standard InChI is InChI=1S/C28H38ClN3O5/c1-27(2)14-20(24(34)32-27)12-22(16-33)30-25(35)28(13-18-7-4-3-5-8-18)15-23(28)31-26(36)37-17-19-9-6-10-21(29)11-19/h6,9-11,16,18,20,22-23H,3-5,7-8,12-15,17H2,1-2H3,(H,30,35)(H,31,36)(H,32,34)/t20?,22?,23?,28-/m1/s1. The summed E-state index contributed by atoms with van der Waals surface area (Å²) in [6.07, 6.45) is 7.81. The lowest BCUT2D eigenvalue weighted by atomic mass is 9.80. The zero-order chi connectivity index (χ0) is 26.6. The second-order valence-electron chi connectivity index (χ2n) is 11.7. The summed E-state index contributed by atoms with van der Waals surface area (Å²) in [6, 6.07) is 5.98. The molecule has 3 aliphatic rings. The van der Waals surface area contributed by atoms with Gasteiger partial charge in [0.2, 0.25) is 11.8 Å². The van der Waals surface area contributed by atoms with Gasteiger partial charge in [-0.2, -0.15) is 0 Å². The molecule has 3 amide bonds. The highest BCUT2D eigenvalue weighted by Crippen LogP contribution is 2.53. The average molecular weight is 532 g/mol. The molecule has 1 aromatic carbocycles. The number of aldehydes is 1. The first kappa shape index (κ1) is 27.4. The highest BCUT2D eigenvalue weighted by atomic mass is 35.5. The normalized spacial score (nSPS) is 27.6. The van der Waals surface area contributed by atoms with Gasteiger partial charge in [0.25, 0.3) is 0 Å². The molecule has 1 saturated heterocycles. The van der Waals surface area contributed by atoms with Gasteiger partial charge in [0.15, 0.2) is 0 Å². The van der Waals surface area contributed by atoms with Crippen molar-refractivity contribution in [2.75, 3.05) is 0 Å². The molecule has 202 valence electrons.